The van der Waals surface area contributed by atoms with E-state index >= 15 is 0 Å². The van der Waals surface area contributed by atoms with E-state index in [2.05, 4.69) is 17.6 Å². The average molecular weight is 101 g/mol. The Balaban J connectivity index is 3.07. The minimum absolute atomic E-state index is 1.58. The molecule has 0 aromatic rings. The van der Waals surface area contributed by atoms with Crippen LogP contribution in [-0.4, -0.2) is 6.21 Å². The predicted octanol–water partition coefficient (Wildman–Crippen LogP) is 1.48. The third kappa shape index (κ3) is 3.76. The van der Waals surface area contributed by atoms with Crippen LogP contribution in [0, 0.1) is 0 Å². The maximum atomic E-state index is 3.76. The second kappa shape index (κ2) is 4.76. The Labute approximate surface area is 43.2 Å². The molecule has 0 unspecified atom stereocenters. The van der Waals surface area contributed by atoms with Crippen molar-refractivity contribution in [3.05, 3.63) is 11.6 Å². The van der Waals surface area contributed by atoms with E-state index in [1.807, 2.05) is 6.92 Å². The molecule has 2 heteroatoms. The molecule has 0 saturated heterocycles. The van der Waals surface area contributed by atoms with E-state index in [-0.39, 0.29) is 0 Å². The summed E-state index contributed by atoms with van der Waals surface area (Å²) in [6.45, 7) is 1.85. The lowest BCUT2D eigenvalue weighted by molar-refractivity contribution is 1.60. The first-order chi connectivity index (χ1) is 2.91. The summed E-state index contributed by atoms with van der Waals surface area (Å²) < 4.78 is 0. The predicted molar refractivity (Wildman–Crippen MR) is 32.3 cm³/mol. The van der Waals surface area contributed by atoms with Gasteiger partial charge in [0.2, 0.25) is 0 Å². The smallest absolute Gasteiger partial charge is 0.0324 e. The van der Waals surface area contributed by atoms with Crippen molar-refractivity contribution in [1.29, 1.82) is 0 Å². The molecule has 0 amide bonds. The molecule has 0 N–H and O–H groups in total. The fourth-order valence-electron chi connectivity index (χ4n) is 0.125. The second-order valence-electron chi connectivity index (χ2n) is 0.705. The Bertz CT molecular complexity index is 55.9. The van der Waals surface area contributed by atoms with E-state index < -0.39 is 0 Å². The summed E-state index contributed by atoms with van der Waals surface area (Å²) in [4.78, 5) is 3.71. The van der Waals surface area contributed by atoms with Crippen LogP contribution in [0.5, 0.6) is 0 Å². The number of aliphatic imine (C=N–C) groups is 1. The van der Waals surface area contributed by atoms with E-state index in [9.17, 15) is 0 Å². The summed E-state index contributed by atoms with van der Waals surface area (Å²) in [6.07, 6.45) is 3.32. The molecule has 0 aliphatic rings. The van der Waals surface area contributed by atoms with Gasteiger partial charge in [-0.25, -0.2) is 0 Å². The number of rotatable bonds is 1. The zero-order valence-electron chi connectivity index (χ0n) is 3.63. The molecule has 0 heterocycles. The van der Waals surface area contributed by atoms with Crippen LogP contribution in [0.25, 0.3) is 0 Å². The van der Waals surface area contributed by atoms with Gasteiger partial charge in [0.05, 0.1) is 0 Å². The van der Waals surface area contributed by atoms with Gasteiger partial charge in [0.1, 0.15) is 0 Å². The van der Waals surface area contributed by atoms with Gasteiger partial charge in [0.15, 0.2) is 0 Å². The highest BCUT2D eigenvalue weighted by molar-refractivity contribution is 7.83. The zero-order valence-corrected chi connectivity index (χ0v) is 4.52. The lowest BCUT2D eigenvalue weighted by atomic mass is 10.9. The first-order valence-corrected chi connectivity index (χ1v) is 2.20. The van der Waals surface area contributed by atoms with E-state index in [4.69, 9.17) is 0 Å². The summed E-state index contributed by atoms with van der Waals surface area (Å²) in [5, 5.41) is 1.58. The van der Waals surface area contributed by atoms with Crippen molar-refractivity contribution in [3.8, 4) is 0 Å². The first-order valence-electron chi connectivity index (χ1n) is 1.69. The van der Waals surface area contributed by atoms with Crippen molar-refractivity contribution in [2.45, 2.75) is 6.92 Å². The van der Waals surface area contributed by atoms with Crippen LogP contribution in [0.15, 0.2) is 16.6 Å². The fourth-order valence-corrected chi connectivity index (χ4v) is 0.202. The van der Waals surface area contributed by atoms with E-state index in [1.165, 1.54) is 0 Å². The van der Waals surface area contributed by atoms with Gasteiger partial charge >= 0.3 is 0 Å². The molecule has 0 bridgehead atoms. The molecule has 0 aromatic carbocycles. The van der Waals surface area contributed by atoms with Crippen LogP contribution in [0.3, 0.4) is 0 Å². The molecule has 34 valence electrons. The van der Waals surface area contributed by atoms with Crippen LogP contribution >= 0.6 is 12.6 Å². The monoisotopic (exact) mass is 101 g/mol. The van der Waals surface area contributed by atoms with Gasteiger partial charge in [-0.15, -0.1) is 12.6 Å². The number of hydrogen-bond donors (Lipinski definition) is 1. The minimum atomic E-state index is 1.58. The highest BCUT2D eigenvalue weighted by Crippen LogP contribution is 1.74. The topological polar surface area (TPSA) is 12.4 Å². The lowest BCUT2D eigenvalue weighted by Gasteiger charge is -1.64. The Morgan fingerprint density at radius 1 is 1.67 bits per heavy atom. The average Bonchev–Trinajstić information content (AvgIpc) is 1.61. The maximum absolute atomic E-state index is 3.76. The molecule has 6 heavy (non-hydrogen) atoms. The van der Waals surface area contributed by atoms with Crippen LogP contribution < -0.4 is 0 Å². The summed E-state index contributed by atoms with van der Waals surface area (Å²) in [5.74, 6) is 0. The van der Waals surface area contributed by atoms with E-state index in [0.29, 0.717) is 0 Å². The summed E-state index contributed by atoms with van der Waals surface area (Å²) in [7, 11) is 0. The van der Waals surface area contributed by atoms with Gasteiger partial charge in [0, 0.05) is 12.4 Å². The number of nitrogens with zero attached hydrogens (tertiary/aromatic N) is 1. The number of hydrogen-bond acceptors (Lipinski definition) is 2. The van der Waals surface area contributed by atoms with Crippen molar-refractivity contribution in [3.63, 3.8) is 0 Å². The zero-order chi connectivity index (χ0) is 4.83. The Kier molecular flexibility index (Phi) is 4.57. The highest BCUT2D eigenvalue weighted by atomic mass is 32.1. The summed E-state index contributed by atoms with van der Waals surface area (Å²) in [6, 6.07) is 0. The normalized spacial score (nSPS) is 11.7. The first kappa shape index (κ1) is 5.76. The van der Waals surface area contributed by atoms with Gasteiger partial charge in [0.25, 0.3) is 0 Å². The molecule has 0 spiro atoms. The maximum Gasteiger partial charge on any atom is 0.0324 e. The lowest BCUT2D eigenvalue weighted by Crippen LogP contribution is -1.48. The van der Waals surface area contributed by atoms with Crippen molar-refractivity contribution < 1.29 is 0 Å². The quantitative estimate of drug-likeness (QED) is 0.379. The Hall–Kier alpha value is -0.240. The van der Waals surface area contributed by atoms with Gasteiger partial charge in [-0.2, -0.15) is 0 Å². The van der Waals surface area contributed by atoms with Crippen molar-refractivity contribution >= 4 is 18.8 Å². The molecular formula is C4H7NS. The SMILES string of the molecule is C/C=N\C=C/S. The van der Waals surface area contributed by atoms with Crippen molar-refractivity contribution in [2.75, 3.05) is 0 Å². The Morgan fingerprint density at radius 3 is 2.50 bits per heavy atom. The Morgan fingerprint density at radius 2 is 2.33 bits per heavy atom. The van der Waals surface area contributed by atoms with E-state index in [0.717, 1.165) is 0 Å². The molecule has 0 atom stereocenters. The standard InChI is InChI=1S/C4H7NS/c1-2-5-3-4-6/h2-4,6H,1H3/b4-3-,5-2-. The van der Waals surface area contributed by atoms with Crippen molar-refractivity contribution in [1.82, 2.24) is 0 Å². The molecule has 0 rings (SSSR count). The van der Waals surface area contributed by atoms with Crippen LogP contribution in [0.2, 0.25) is 0 Å². The molecule has 0 aliphatic heterocycles. The minimum Gasteiger partial charge on any atom is -0.269 e. The third-order valence-electron chi connectivity index (χ3n) is 0.302. The second-order valence-corrected chi connectivity index (χ2v) is 1.00. The fraction of sp³-hybridized carbons (Fsp3) is 0.250. The van der Waals surface area contributed by atoms with Crippen LogP contribution in [0.1, 0.15) is 6.92 Å². The van der Waals surface area contributed by atoms with Gasteiger partial charge in [-0.1, -0.05) is 0 Å². The van der Waals surface area contributed by atoms with Gasteiger partial charge < -0.3 is 0 Å². The number of thiol groups is 1. The van der Waals surface area contributed by atoms with Gasteiger partial charge in [-0.05, 0) is 12.3 Å². The summed E-state index contributed by atoms with van der Waals surface area (Å²) in [5.41, 5.74) is 0. The molecule has 0 aromatic heterocycles. The van der Waals surface area contributed by atoms with Crippen LogP contribution in [0.4, 0.5) is 0 Å². The molecule has 0 radical (unpaired) electrons. The van der Waals surface area contributed by atoms with E-state index in [1.54, 1.807) is 17.8 Å². The largest absolute Gasteiger partial charge is 0.269 e. The summed E-state index contributed by atoms with van der Waals surface area (Å²) >= 11 is 3.76. The third-order valence-corrected chi connectivity index (χ3v) is 0.435. The van der Waals surface area contributed by atoms with Crippen molar-refractivity contribution in [2.24, 2.45) is 4.99 Å². The molecule has 1 nitrogen and oxygen atoms in total. The highest BCUT2D eigenvalue weighted by Gasteiger charge is 1.48. The molecule has 0 fully saturated rings. The molecule has 0 saturated carbocycles. The van der Waals surface area contributed by atoms with Gasteiger partial charge in [-0.3, -0.25) is 4.99 Å². The molecular weight excluding hydrogens is 94.1 g/mol. The van der Waals surface area contributed by atoms with Crippen LogP contribution in [-0.2, 0) is 0 Å². The molecule has 0 aliphatic carbocycles.